The van der Waals surface area contributed by atoms with Gasteiger partial charge in [0.1, 0.15) is 0 Å². The maximum Gasteiger partial charge on any atom is 0.305 e. The molecule has 1 aromatic rings. The minimum absolute atomic E-state index is 0.0446. The number of hydrogen-bond donors (Lipinski definition) is 1. The molecule has 1 heterocycles. The standard InChI is InChI=1S/C14H15Cl2NO3/c15-7-9-5-13(18)17(8-9)12(6-14(19)20)10-1-3-11(16)4-2-10/h1-4,9,12H,5-8H2,(H,19,20). The number of nitrogens with zero attached hydrogens (tertiary/aromatic N) is 1. The first-order valence-electron chi connectivity index (χ1n) is 6.34. The Labute approximate surface area is 127 Å². The molecule has 2 atom stereocenters. The van der Waals surface area contributed by atoms with Crippen molar-refractivity contribution in [2.45, 2.75) is 18.9 Å². The molecule has 0 radical (unpaired) electrons. The molecule has 1 aliphatic heterocycles. The molecule has 1 N–H and O–H groups in total. The Morgan fingerprint density at radius 2 is 2.05 bits per heavy atom. The van der Waals surface area contributed by atoms with Crippen LogP contribution in [0.25, 0.3) is 0 Å². The molecule has 6 heteroatoms. The van der Waals surface area contributed by atoms with E-state index in [0.29, 0.717) is 23.9 Å². The van der Waals surface area contributed by atoms with E-state index < -0.39 is 12.0 Å². The zero-order valence-corrected chi connectivity index (χ0v) is 12.3. The maximum atomic E-state index is 12.1. The van der Waals surface area contributed by atoms with Crippen molar-refractivity contribution in [1.82, 2.24) is 4.90 Å². The van der Waals surface area contributed by atoms with E-state index in [2.05, 4.69) is 0 Å². The number of rotatable bonds is 5. The molecule has 4 nitrogen and oxygen atoms in total. The van der Waals surface area contributed by atoms with Crippen LogP contribution < -0.4 is 0 Å². The van der Waals surface area contributed by atoms with Gasteiger partial charge >= 0.3 is 5.97 Å². The summed E-state index contributed by atoms with van der Waals surface area (Å²) in [6.45, 7) is 0.503. The number of carbonyl (C=O) groups is 2. The summed E-state index contributed by atoms with van der Waals surface area (Å²) in [4.78, 5) is 24.7. The number of likely N-dealkylation sites (tertiary alicyclic amines) is 1. The second-order valence-corrected chi connectivity index (χ2v) is 5.68. The van der Waals surface area contributed by atoms with Gasteiger partial charge in [-0.2, -0.15) is 0 Å². The summed E-state index contributed by atoms with van der Waals surface area (Å²) < 4.78 is 0. The summed E-state index contributed by atoms with van der Waals surface area (Å²) in [6, 6.07) is 6.45. The summed E-state index contributed by atoms with van der Waals surface area (Å²) in [5.74, 6) is -0.487. The van der Waals surface area contributed by atoms with Crippen LogP contribution in [0.5, 0.6) is 0 Å². The number of aliphatic carboxylic acids is 1. The molecule has 0 aromatic heterocycles. The Hall–Kier alpha value is -1.26. The third-order valence-electron chi connectivity index (χ3n) is 3.46. The molecule has 0 spiro atoms. The van der Waals surface area contributed by atoms with Crippen molar-refractivity contribution >= 4 is 35.1 Å². The van der Waals surface area contributed by atoms with E-state index in [1.165, 1.54) is 0 Å². The normalized spacial score (nSPS) is 20.2. The Kier molecular flexibility index (Phi) is 4.89. The molecule has 1 amide bonds. The first-order chi connectivity index (χ1) is 9.51. The molecular weight excluding hydrogens is 301 g/mol. The largest absolute Gasteiger partial charge is 0.481 e. The van der Waals surface area contributed by atoms with Gasteiger partial charge in [0, 0.05) is 23.9 Å². The summed E-state index contributed by atoms with van der Waals surface area (Å²) in [5, 5.41) is 9.66. The van der Waals surface area contributed by atoms with Crippen molar-refractivity contribution in [3.05, 3.63) is 34.9 Å². The zero-order chi connectivity index (χ0) is 14.7. The number of benzene rings is 1. The van der Waals surface area contributed by atoms with Gasteiger partial charge in [-0.15, -0.1) is 11.6 Å². The van der Waals surface area contributed by atoms with Crippen molar-refractivity contribution in [3.8, 4) is 0 Å². The molecule has 2 rings (SSSR count). The smallest absolute Gasteiger partial charge is 0.305 e. The van der Waals surface area contributed by atoms with Gasteiger partial charge in [0.2, 0.25) is 5.91 Å². The molecule has 1 fully saturated rings. The minimum Gasteiger partial charge on any atom is -0.481 e. The quantitative estimate of drug-likeness (QED) is 0.850. The number of halogens is 2. The highest BCUT2D eigenvalue weighted by Gasteiger charge is 2.35. The number of carboxylic acid groups (broad SMARTS) is 1. The fraction of sp³-hybridized carbons (Fsp3) is 0.429. The molecule has 1 saturated heterocycles. The van der Waals surface area contributed by atoms with Crippen molar-refractivity contribution < 1.29 is 14.7 Å². The maximum absolute atomic E-state index is 12.1. The van der Waals surface area contributed by atoms with Crippen LogP contribution in [0, 0.1) is 5.92 Å². The predicted octanol–water partition coefficient (Wildman–Crippen LogP) is 2.94. The number of hydrogen-bond acceptors (Lipinski definition) is 2. The summed E-state index contributed by atoms with van der Waals surface area (Å²) >= 11 is 11.6. The molecular formula is C14H15Cl2NO3. The van der Waals surface area contributed by atoms with Crippen LogP contribution in [0.3, 0.4) is 0 Å². The van der Waals surface area contributed by atoms with Gasteiger partial charge in [-0.05, 0) is 23.6 Å². The van der Waals surface area contributed by atoms with E-state index in [0.717, 1.165) is 5.56 Å². The average Bonchev–Trinajstić information content (AvgIpc) is 2.78. The first kappa shape index (κ1) is 15.1. The van der Waals surface area contributed by atoms with Crippen LogP contribution in [0.15, 0.2) is 24.3 Å². The van der Waals surface area contributed by atoms with Crippen LogP contribution in [0.1, 0.15) is 24.4 Å². The molecule has 0 bridgehead atoms. The lowest BCUT2D eigenvalue weighted by atomic mass is 10.0. The van der Waals surface area contributed by atoms with Crippen molar-refractivity contribution in [2.24, 2.45) is 5.92 Å². The van der Waals surface area contributed by atoms with Gasteiger partial charge in [-0.1, -0.05) is 23.7 Å². The summed E-state index contributed by atoms with van der Waals surface area (Å²) in [7, 11) is 0. The lowest BCUT2D eigenvalue weighted by Crippen LogP contribution is -2.32. The lowest BCUT2D eigenvalue weighted by molar-refractivity contribution is -0.139. The summed E-state index contributed by atoms with van der Waals surface area (Å²) in [5.41, 5.74) is 0.778. The minimum atomic E-state index is -0.938. The zero-order valence-electron chi connectivity index (χ0n) is 10.8. The monoisotopic (exact) mass is 315 g/mol. The second kappa shape index (κ2) is 6.46. The van der Waals surface area contributed by atoms with Crippen LogP contribution in [0.2, 0.25) is 5.02 Å². The van der Waals surface area contributed by atoms with E-state index in [4.69, 9.17) is 28.3 Å². The molecule has 0 saturated carbocycles. The highest BCUT2D eigenvalue weighted by Crippen LogP contribution is 2.32. The van der Waals surface area contributed by atoms with Crippen molar-refractivity contribution in [2.75, 3.05) is 12.4 Å². The van der Waals surface area contributed by atoms with Gasteiger partial charge < -0.3 is 10.0 Å². The SMILES string of the molecule is O=C(O)CC(c1ccc(Cl)cc1)N1CC(CCl)CC1=O. The number of amides is 1. The second-order valence-electron chi connectivity index (χ2n) is 4.94. The molecule has 1 aliphatic rings. The summed E-state index contributed by atoms with van der Waals surface area (Å²) in [6.07, 6.45) is 0.260. The number of carboxylic acids is 1. The van der Waals surface area contributed by atoms with Crippen LogP contribution in [-0.2, 0) is 9.59 Å². The van der Waals surface area contributed by atoms with Crippen molar-refractivity contribution in [1.29, 1.82) is 0 Å². The van der Waals surface area contributed by atoms with E-state index in [9.17, 15) is 9.59 Å². The number of carbonyl (C=O) groups excluding carboxylic acids is 1. The van der Waals surface area contributed by atoms with Gasteiger partial charge in [0.15, 0.2) is 0 Å². The molecule has 0 aliphatic carbocycles. The molecule has 1 aromatic carbocycles. The Bertz CT molecular complexity index is 504. The van der Waals surface area contributed by atoms with E-state index >= 15 is 0 Å². The van der Waals surface area contributed by atoms with E-state index in [1.54, 1.807) is 29.2 Å². The van der Waals surface area contributed by atoms with Crippen LogP contribution in [0.4, 0.5) is 0 Å². The fourth-order valence-electron chi connectivity index (χ4n) is 2.47. The highest BCUT2D eigenvalue weighted by atomic mass is 35.5. The molecule has 108 valence electrons. The Balaban J connectivity index is 2.26. The topological polar surface area (TPSA) is 57.6 Å². The Morgan fingerprint density at radius 1 is 1.40 bits per heavy atom. The van der Waals surface area contributed by atoms with Crippen LogP contribution in [-0.4, -0.2) is 34.3 Å². The Morgan fingerprint density at radius 3 is 2.55 bits per heavy atom. The van der Waals surface area contributed by atoms with Crippen molar-refractivity contribution in [3.63, 3.8) is 0 Å². The third kappa shape index (κ3) is 3.44. The van der Waals surface area contributed by atoms with E-state index in [-0.39, 0.29) is 18.2 Å². The molecule has 2 unspecified atom stereocenters. The van der Waals surface area contributed by atoms with Gasteiger partial charge in [0.05, 0.1) is 12.5 Å². The van der Waals surface area contributed by atoms with E-state index in [1.807, 2.05) is 0 Å². The van der Waals surface area contributed by atoms with Crippen LogP contribution >= 0.6 is 23.2 Å². The highest BCUT2D eigenvalue weighted by molar-refractivity contribution is 6.30. The predicted molar refractivity (Wildman–Crippen MR) is 77.0 cm³/mol. The fourth-order valence-corrected chi connectivity index (χ4v) is 2.80. The molecule has 20 heavy (non-hydrogen) atoms. The average molecular weight is 316 g/mol. The number of alkyl halides is 1. The lowest BCUT2D eigenvalue weighted by Gasteiger charge is -2.27. The van der Waals surface area contributed by atoms with Gasteiger partial charge in [-0.3, -0.25) is 9.59 Å². The van der Waals surface area contributed by atoms with Gasteiger partial charge in [0.25, 0.3) is 0 Å². The first-order valence-corrected chi connectivity index (χ1v) is 7.25. The third-order valence-corrected chi connectivity index (χ3v) is 4.14. The van der Waals surface area contributed by atoms with Gasteiger partial charge in [-0.25, -0.2) is 0 Å².